The van der Waals surface area contributed by atoms with Crippen LogP contribution in [-0.2, 0) is 5.60 Å². The van der Waals surface area contributed by atoms with Gasteiger partial charge in [0.25, 0.3) is 0 Å². The van der Waals surface area contributed by atoms with Crippen molar-refractivity contribution in [3.63, 3.8) is 0 Å². The quantitative estimate of drug-likeness (QED) is 0.902. The van der Waals surface area contributed by atoms with Gasteiger partial charge in [0.1, 0.15) is 22.8 Å². The second kappa shape index (κ2) is 3.81. The van der Waals surface area contributed by atoms with Crippen LogP contribution in [0.1, 0.15) is 25.0 Å². The van der Waals surface area contributed by atoms with Crippen molar-refractivity contribution in [2.75, 3.05) is 13.1 Å². The summed E-state index contributed by atoms with van der Waals surface area (Å²) in [5.41, 5.74) is -0.285. The normalized spacial score (nSPS) is 28.3. The van der Waals surface area contributed by atoms with Crippen LogP contribution in [-0.4, -0.2) is 29.1 Å². The average Bonchev–Trinajstić information content (AvgIpc) is 3.02. The third kappa shape index (κ3) is 1.86. The molecule has 3 nitrogen and oxygen atoms in total. The number of benzene rings is 1. The number of furan rings is 1. The van der Waals surface area contributed by atoms with E-state index < -0.39 is 5.60 Å². The number of rotatable bonds is 2. The molecule has 2 heterocycles. The Bertz CT molecular complexity index is 634. The van der Waals surface area contributed by atoms with Gasteiger partial charge in [0, 0.05) is 24.5 Å². The molecular formula is C15H16FNO2. The summed E-state index contributed by atoms with van der Waals surface area (Å²) < 4.78 is 18.9. The molecule has 4 rings (SSSR count). The van der Waals surface area contributed by atoms with E-state index in [9.17, 15) is 9.50 Å². The van der Waals surface area contributed by atoms with E-state index in [4.69, 9.17) is 4.42 Å². The molecule has 2 aromatic rings. The van der Waals surface area contributed by atoms with E-state index in [1.807, 2.05) is 0 Å². The summed E-state index contributed by atoms with van der Waals surface area (Å²) in [5, 5.41) is 11.5. The van der Waals surface area contributed by atoms with E-state index in [1.165, 1.54) is 25.0 Å². The second-order valence-electron chi connectivity index (χ2n) is 5.78. The molecule has 1 aliphatic carbocycles. The molecule has 2 fully saturated rings. The molecule has 1 aliphatic heterocycles. The Hall–Kier alpha value is -1.39. The van der Waals surface area contributed by atoms with Gasteiger partial charge in [0.15, 0.2) is 0 Å². The zero-order chi connectivity index (χ0) is 13.0. The molecule has 1 atom stereocenters. The van der Waals surface area contributed by atoms with Gasteiger partial charge in [-0.3, -0.25) is 4.90 Å². The SMILES string of the molecule is OC1(c2cc3cc(F)ccc3o2)CCN(C2CC2)C1. The maximum atomic E-state index is 13.2. The van der Waals surface area contributed by atoms with Gasteiger partial charge < -0.3 is 9.52 Å². The van der Waals surface area contributed by atoms with Crippen LogP contribution in [0, 0.1) is 5.82 Å². The number of β-amino-alcohol motifs (C(OH)–C–C–N with tert-alkyl or cyclic N) is 1. The third-order valence-corrected chi connectivity index (χ3v) is 4.28. The zero-order valence-corrected chi connectivity index (χ0v) is 10.6. The first-order valence-electron chi connectivity index (χ1n) is 6.80. The maximum absolute atomic E-state index is 13.2. The summed E-state index contributed by atoms with van der Waals surface area (Å²) in [6.45, 7) is 1.53. The van der Waals surface area contributed by atoms with E-state index in [0.717, 1.165) is 6.54 Å². The predicted octanol–water partition coefficient (Wildman–Crippen LogP) is 2.63. The van der Waals surface area contributed by atoms with Crippen LogP contribution in [0.2, 0.25) is 0 Å². The van der Waals surface area contributed by atoms with Gasteiger partial charge >= 0.3 is 0 Å². The third-order valence-electron chi connectivity index (χ3n) is 4.28. The van der Waals surface area contributed by atoms with E-state index in [1.54, 1.807) is 12.1 Å². The van der Waals surface area contributed by atoms with Crippen molar-refractivity contribution in [2.45, 2.75) is 30.9 Å². The molecule has 1 aromatic heterocycles. The molecule has 19 heavy (non-hydrogen) atoms. The lowest BCUT2D eigenvalue weighted by atomic mass is 10.00. The van der Waals surface area contributed by atoms with Crippen molar-refractivity contribution in [3.8, 4) is 0 Å². The van der Waals surface area contributed by atoms with Gasteiger partial charge in [-0.15, -0.1) is 0 Å². The monoisotopic (exact) mass is 261 g/mol. The molecule has 1 N–H and O–H groups in total. The minimum Gasteiger partial charge on any atom is -0.458 e. The molecule has 0 bridgehead atoms. The fourth-order valence-electron chi connectivity index (χ4n) is 3.02. The Morgan fingerprint density at radius 2 is 2.16 bits per heavy atom. The smallest absolute Gasteiger partial charge is 0.138 e. The van der Waals surface area contributed by atoms with Crippen LogP contribution in [0.25, 0.3) is 11.0 Å². The van der Waals surface area contributed by atoms with E-state index in [-0.39, 0.29) is 5.82 Å². The van der Waals surface area contributed by atoms with Crippen molar-refractivity contribution in [3.05, 3.63) is 35.8 Å². The molecule has 1 saturated heterocycles. The first-order valence-corrected chi connectivity index (χ1v) is 6.80. The first-order chi connectivity index (χ1) is 9.14. The van der Waals surface area contributed by atoms with E-state index in [2.05, 4.69) is 4.90 Å². The highest BCUT2D eigenvalue weighted by Gasteiger charge is 2.44. The molecule has 4 heteroatoms. The summed E-state index contributed by atoms with van der Waals surface area (Å²) in [5.74, 6) is 0.286. The predicted molar refractivity (Wildman–Crippen MR) is 69.3 cm³/mol. The first kappa shape index (κ1) is 11.4. The van der Waals surface area contributed by atoms with Crippen LogP contribution >= 0.6 is 0 Å². The fourth-order valence-corrected chi connectivity index (χ4v) is 3.02. The number of hydrogen-bond acceptors (Lipinski definition) is 3. The fraction of sp³-hybridized carbons (Fsp3) is 0.467. The van der Waals surface area contributed by atoms with Crippen molar-refractivity contribution < 1.29 is 13.9 Å². The highest BCUT2D eigenvalue weighted by molar-refractivity contribution is 5.78. The molecule has 0 radical (unpaired) electrons. The summed E-state index contributed by atoms with van der Waals surface area (Å²) >= 11 is 0. The Morgan fingerprint density at radius 1 is 1.32 bits per heavy atom. The lowest BCUT2D eigenvalue weighted by Crippen LogP contribution is -2.31. The van der Waals surface area contributed by atoms with Crippen molar-refractivity contribution >= 4 is 11.0 Å². The molecule has 100 valence electrons. The van der Waals surface area contributed by atoms with Gasteiger partial charge in [0.2, 0.25) is 0 Å². The molecule has 0 amide bonds. The lowest BCUT2D eigenvalue weighted by molar-refractivity contribution is 0.0250. The summed E-state index contributed by atoms with van der Waals surface area (Å²) in [6.07, 6.45) is 3.16. The number of fused-ring (bicyclic) bond motifs is 1. The Balaban J connectivity index is 1.69. The van der Waals surface area contributed by atoms with Gasteiger partial charge in [-0.05, 0) is 43.5 Å². The minimum atomic E-state index is -0.919. The van der Waals surface area contributed by atoms with Crippen LogP contribution in [0.15, 0.2) is 28.7 Å². The van der Waals surface area contributed by atoms with Crippen molar-refractivity contribution in [2.24, 2.45) is 0 Å². The van der Waals surface area contributed by atoms with Gasteiger partial charge in [-0.2, -0.15) is 0 Å². The summed E-state index contributed by atoms with van der Waals surface area (Å²) in [4.78, 5) is 2.33. The highest BCUT2D eigenvalue weighted by atomic mass is 19.1. The van der Waals surface area contributed by atoms with E-state index in [0.29, 0.717) is 35.7 Å². The number of nitrogens with zero attached hydrogens (tertiary/aromatic N) is 1. The molecule has 0 spiro atoms. The van der Waals surface area contributed by atoms with Crippen LogP contribution in [0.3, 0.4) is 0 Å². The molecule has 1 aromatic carbocycles. The van der Waals surface area contributed by atoms with Gasteiger partial charge in [0.05, 0.1) is 0 Å². The van der Waals surface area contributed by atoms with Crippen LogP contribution < -0.4 is 0 Å². The average molecular weight is 261 g/mol. The number of aliphatic hydroxyl groups is 1. The molecule has 2 aliphatic rings. The maximum Gasteiger partial charge on any atom is 0.138 e. The summed E-state index contributed by atoms with van der Waals surface area (Å²) in [6, 6.07) is 6.86. The largest absolute Gasteiger partial charge is 0.458 e. The highest BCUT2D eigenvalue weighted by Crippen LogP contribution is 2.39. The van der Waals surface area contributed by atoms with E-state index >= 15 is 0 Å². The number of hydrogen-bond donors (Lipinski definition) is 1. The number of halogens is 1. The van der Waals surface area contributed by atoms with Gasteiger partial charge in [-0.25, -0.2) is 4.39 Å². The molecule has 1 unspecified atom stereocenters. The number of likely N-dealkylation sites (tertiary alicyclic amines) is 1. The molecule has 1 saturated carbocycles. The minimum absolute atomic E-state index is 0.280. The summed E-state index contributed by atoms with van der Waals surface area (Å²) in [7, 11) is 0. The van der Waals surface area contributed by atoms with Crippen molar-refractivity contribution in [1.82, 2.24) is 4.90 Å². The van der Waals surface area contributed by atoms with Crippen LogP contribution in [0.5, 0.6) is 0 Å². The second-order valence-corrected chi connectivity index (χ2v) is 5.78. The topological polar surface area (TPSA) is 36.6 Å². The Labute approximate surface area is 110 Å². The van der Waals surface area contributed by atoms with Crippen LogP contribution in [0.4, 0.5) is 4.39 Å². The zero-order valence-electron chi connectivity index (χ0n) is 10.6. The Kier molecular flexibility index (Phi) is 2.29. The standard InChI is InChI=1S/C15H16FNO2/c16-11-1-4-13-10(7-11)8-14(19-13)15(18)5-6-17(9-15)12-2-3-12/h1,4,7-8,12,18H,2-3,5-6,9H2. The van der Waals surface area contributed by atoms with Gasteiger partial charge in [-0.1, -0.05) is 0 Å². The lowest BCUT2D eigenvalue weighted by Gasteiger charge is -2.20. The molecular weight excluding hydrogens is 245 g/mol. The van der Waals surface area contributed by atoms with Crippen molar-refractivity contribution in [1.29, 1.82) is 0 Å². The Morgan fingerprint density at radius 3 is 2.95 bits per heavy atom.